The SMILES string of the molecule is CCOC(=O)COc1c(I)cc(/C=C2/SC(=S)N(NC(=O)c3ccc(Cl)cc3)C2=O)cc1OC. The van der Waals surface area contributed by atoms with E-state index in [1.165, 1.54) is 7.11 Å². The number of carbonyl (C=O) groups is 3. The highest BCUT2D eigenvalue weighted by Crippen LogP contribution is 2.37. The summed E-state index contributed by atoms with van der Waals surface area (Å²) in [5, 5.41) is 1.52. The summed E-state index contributed by atoms with van der Waals surface area (Å²) in [7, 11) is 1.47. The van der Waals surface area contributed by atoms with Gasteiger partial charge in [-0.1, -0.05) is 23.4 Å². The number of rotatable bonds is 8. The number of carbonyl (C=O) groups excluding carboxylic acids is 3. The van der Waals surface area contributed by atoms with Crippen molar-refractivity contribution in [3.63, 3.8) is 0 Å². The van der Waals surface area contributed by atoms with Gasteiger partial charge in [-0.2, -0.15) is 5.01 Å². The van der Waals surface area contributed by atoms with E-state index in [9.17, 15) is 14.4 Å². The second-order valence-electron chi connectivity index (χ2n) is 6.59. The van der Waals surface area contributed by atoms with Gasteiger partial charge in [0, 0.05) is 10.6 Å². The van der Waals surface area contributed by atoms with Crippen molar-refractivity contribution in [1.82, 2.24) is 10.4 Å². The van der Waals surface area contributed by atoms with E-state index in [0.717, 1.165) is 16.8 Å². The van der Waals surface area contributed by atoms with Crippen LogP contribution in [0, 0.1) is 3.57 Å². The molecule has 1 aliphatic rings. The average molecular weight is 633 g/mol. The average Bonchev–Trinajstić information content (AvgIpc) is 3.05. The molecule has 0 spiro atoms. The van der Waals surface area contributed by atoms with Crippen LogP contribution in [0.1, 0.15) is 22.8 Å². The Morgan fingerprint density at radius 3 is 2.62 bits per heavy atom. The molecular weight excluding hydrogens is 615 g/mol. The van der Waals surface area contributed by atoms with E-state index in [1.54, 1.807) is 49.4 Å². The van der Waals surface area contributed by atoms with Crippen molar-refractivity contribution in [2.75, 3.05) is 20.3 Å². The molecule has 12 heteroatoms. The van der Waals surface area contributed by atoms with Crippen LogP contribution < -0.4 is 14.9 Å². The van der Waals surface area contributed by atoms with Crippen molar-refractivity contribution < 1.29 is 28.6 Å². The van der Waals surface area contributed by atoms with Gasteiger partial charge in [0.15, 0.2) is 22.4 Å². The maximum atomic E-state index is 12.9. The summed E-state index contributed by atoms with van der Waals surface area (Å²) >= 11 is 14.2. The van der Waals surface area contributed by atoms with Crippen molar-refractivity contribution in [1.29, 1.82) is 0 Å². The second kappa shape index (κ2) is 11.9. The third-order valence-corrected chi connectivity index (χ3v) is 6.66. The number of thiocarbonyl (C=S) groups is 1. The van der Waals surface area contributed by atoms with Crippen molar-refractivity contribution >= 4 is 86.4 Å². The largest absolute Gasteiger partial charge is 0.493 e. The highest BCUT2D eigenvalue weighted by Gasteiger charge is 2.34. The van der Waals surface area contributed by atoms with Gasteiger partial charge in [-0.05, 0) is 89.8 Å². The Kier molecular flexibility index (Phi) is 9.17. The van der Waals surface area contributed by atoms with Crippen molar-refractivity contribution in [2.24, 2.45) is 0 Å². The molecule has 0 atom stereocenters. The zero-order valence-corrected chi connectivity index (χ0v) is 22.5. The molecule has 0 bridgehead atoms. The molecule has 0 radical (unpaired) electrons. The fourth-order valence-electron chi connectivity index (χ4n) is 2.78. The fraction of sp³-hybridized carbons (Fsp3) is 0.182. The Hall–Kier alpha value is -2.35. The molecule has 0 saturated carbocycles. The Bertz CT molecular complexity index is 1170. The van der Waals surface area contributed by atoms with E-state index in [4.69, 9.17) is 38.0 Å². The van der Waals surface area contributed by atoms with Gasteiger partial charge in [0.05, 0.1) is 22.2 Å². The van der Waals surface area contributed by atoms with E-state index in [2.05, 4.69) is 5.43 Å². The summed E-state index contributed by atoms with van der Waals surface area (Å²) in [5.74, 6) is -0.679. The quantitative estimate of drug-likeness (QED) is 0.198. The van der Waals surface area contributed by atoms with Crippen LogP contribution in [0.4, 0.5) is 0 Å². The Labute approximate surface area is 224 Å². The number of hydrazine groups is 1. The predicted octanol–water partition coefficient (Wildman–Crippen LogP) is 4.44. The summed E-state index contributed by atoms with van der Waals surface area (Å²) < 4.78 is 16.7. The van der Waals surface area contributed by atoms with Crippen LogP contribution in [0.5, 0.6) is 11.5 Å². The Morgan fingerprint density at radius 1 is 1.26 bits per heavy atom. The number of esters is 1. The highest BCUT2D eigenvalue weighted by atomic mass is 127. The standard InChI is InChI=1S/C22H18ClIN2O6S2/c1-3-31-18(27)11-32-19-15(24)8-12(9-16(19)30-2)10-17-21(29)26(22(33)34-17)25-20(28)13-4-6-14(23)7-5-13/h4-10H,3,11H2,1-2H3,(H,25,28)/b17-10+. The van der Waals surface area contributed by atoms with Crippen molar-refractivity contribution in [3.05, 3.63) is 61.0 Å². The van der Waals surface area contributed by atoms with Crippen LogP contribution in [0.3, 0.4) is 0 Å². The minimum absolute atomic E-state index is 0.189. The number of ether oxygens (including phenoxy) is 3. The second-order valence-corrected chi connectivity index (χ2v) is 9.87. The summed E-state index contributed by atoms with van der Waals surface area (Å²) in [4.78, 5) is 37.3. The first-order valence-corrected chi connectivity index (χ1v) is 12.4. The number of halogens is 2. The molecule has 1 N–H and O–H groups in total. The maximum Gasteiger partial charge on any atom is 0.344 e. The molecule has 2 amide bonds. The summed E-state index contributed by atoms with van der Waals surface area (Å²) in [5.41, 5.74) is 3.50. The summed E-state index contributed by atoms with van der Waals surface area (Å²) in [6, 6.07) is 9.69. The lowest BCUT2D eigenvalue weighted by Gasteiger charge is -2.15. The van der Waals surface area contributed by atoms with Gasteiger partial charge in [0.2, 0.25) is 0 Å². The maximum absolute atomic E-state index is 12.9. The number of thioether (sulfide) groups is 1. The lowest BCUT2D eigenvalue weighted by molar-refractivity contribution is -0.145. The minimum Gasteiger partial charge on any atom is -0.493 e. The van der Waals surface area contributed by atoms with Gasteiger partial charge in [0.25, 0.3) is 11.8 Å². The number of hydrogen-bond donors (Lipinski definition) is 1. The van der Waals surface area contributed by atoms with E-state index >= 15 is 0 Å². The first kappa shape index (κ1) is 26.3. The molecular formula is C22H18ClIN2O6S2. The molecule has 0 unspecified atom stereocenters. The van der Waals surface area contributed by atoms with Gasteiger partial charge in [-0.25, -0.2) is 4.79 Å². The Balaban J connectivity index is 1.77. The molecule has 178 valence electrons. The first-order valence-electron chi connectivity index (χ1n) is 9.74. The first-order chi connectivity index (χ1) is 16.2. The minimum atomic E-state index is -0.492. The molecule has 1 saturated heterocycles. The number of methoxy groups -OCH3 is 1. The predicted molar refractivity (Wildman–Crippen MR) is 142 cm³/mol. The number of nitrogens with zero attached hydrogens (tertiary/aromatic N) is 1. The zero-order chi connectivity index (χ0) is 24.8. The van der Waals surface area contributed by atoms with Crippen LogP contribution in [-0.2, 0) is 14.3 Å². The third kappa shape index (κ3) is 6.40. The number of amides is 2. The van der Waals surface area contributed by atoms with Crippen LogP contribution in [0.15, 0.2) is 41.3 Å². The van der Waals surface area contributed by atoms with E-state index in [0.29, 0.717) is 36.1 Å². The van der Waals surface area contributed by atoms with Gasteiger partial charge in [0.1, 0.15) is 0 Å². The lowest BCUT2D eigenvalue weighted by Crippen LogP contribution is -2.44. The van der Waals surface area contributed by atoms with E-state index in [1.807, 2.05) is 22.6 Å². The van der Waals surface area contributed by atoms with Crippen LogP contribution in [0.2, 0.25) is 5.02 Å². The van der Waals surface area contributed by atoms with Gasteiger partial charge in [-0.15, -0.1) is 0 Å². The molecule has 34 heavy (non-hydrogen) atoms. The number of benzene rings is 2. The number of nitrogens with one attached hydrogen (secondary N) is 1. The van der Waals surface area contributed by atoms with Gasteiger partial charge in [-0.3, -0.25) is 15.0 Å². The smallest absolute Gasteiger partial charge is 0.344 e. The molecule has 3 rings (SSSR count). The van der Waals surface area contributed by atoms with Crippen LogP contribution in [0.25, 0.3) is 6.08 Å². The molecule has 1 aliphatic heterocycles. The molecule has 8 nitrogen and oxygen atoms in total. The van der Waals surface area contributed by atoms with Gasteiger partial charge < -0.3 is 14.2 Å². The van der Waals surface area contributed by atoms with Crippen LogP contribution in [-0.4, -0.2) is 47.4 Å². The Morgan fingerprint density at radius 2 is 1.97 bits per heavy atom. The third-order valence-electron chi connectivity index (χ3n) is 4.30. The van der Waals surface area contributed by atoms with E-state index < -0.39 is 17.8 Å². The lowest BCUT2D eigenvalue weighted by atomic mass is 10.2. The molecule has 0 aliphatic carbocycles. The van der Waals surface area contributed by atoms with Crippen molar-refractivity contribution in [3.8, 4) is 11.5 Å². The molecule has 1 heterocycles. The highest BCUT2D eigenvalue weighted by molar-refractivity contribution is 14.1. The molecule has 2 aromatic rings. The fourth-order valence-corrected chi connectivity index (χ4v) is 4.87. The van der Waals surface area contributed by atoms with Crippen LogP contribution >= 0.6 is 58.2 Å². The topological polar surface area (TPSA) is 94.2 Å². The molecule has 0 aromatic heterocycles. The van der Waals surface area contributed by atoms with Crippen molar-refractivity contribution in [2.45, 2.75) is 6.92 Å². The molecule has 2 aromatic carbocycles. The molecule has 1 fully saturated rings. The van der Waals surface area contributed by atoms with E-state index in [-0.39, 0.29) is 17.5 Å². The zero-order valence-electron chi connectivity index (χ0n) is 17.9. The summed E-state index contributed by atoms with van der Waals surface area (Å²) in [6.45, 7) is 1.71. The number of hydrogen-bond acceptors (Lipinski definition) is 8. The monoisotopic (exact) mass is 632 g/mol. The summed E-state index contributed by atoms with van der Waals surface area (Å²) in [6.07, 6.45) is 1.63. The normalized spacial score (nSPS) is 14.4. The van der Waals surface area contributed by atoms with Gasteiger partial charge >= 0.3 is 5.97 Å².